The predicted octanol–water partition coefficient (Wildman–Crippen LogP) is 7.90. The molecule has 0 aliphatic carbocycles. The summed E-state index contributed by atoms with van der Waals surface area (Å²) < 4.78 is 139. The predicted molar refractivity (Wildman–Crippen MR) is 246 cm³/mol. The summed E-state index contributed by atoms with van der Waals surface area (Å²) in [5.74, 6) is -8.11. The molecule has 21 heteroatoms. The van der Waals surface area contributed by atoms with Crippen molar-refractivity contribution in [3.05, 3.63) is 205 Å². The summed E-state index contributed by atoms with van der Waals surface area (Å²) in [6.45, 7) is 2.64. The first kappa shape index (κ1) is 62.0. The van der Waals surface area contributed by atoms with Gasteiger partial charge >= 0.3 is 57.1 Å². The molecule has 0 N–H and O–H groups in total. The number of hydrogen-bond acceptors (Lipinski definition) is 9. The maximum atomic E-state index is 15.2. The van der Waals surface area contributed by atoms with E-state index in [1.807, 2.05) is 170 Å². The molecule has 0 spiro atoms. The molecule has 380 valence electrons. The number of benzene rings is 6. The second kappa shape index (κ2) is 27.6. The molecule has 0 aromatic heterocycles. The molecule has 0 fully saturated rings. The van der Waals surface area contributed by atoms with E-state index in [4.69, 9.17) is 4.74 Å². The molecule has 6 aromatic carbocycles. The maximum absolute atomic E-state index is 15.2. The summed E-state index contributed by atoms with van der Waals surface area (Å²) in [6.07, 6.45) is -14.7. The Balaban J connectivity index is 0.000000467. The first-order chi connectivity index (χ1) is 33.1. The fourth-order valence-electron chi connectivity index (χ4n) is 5.93. The van der Waals surface area contributed by atoms with Crippen molar-refractivity contribution in [2.45, 2.75) is 39.3 Å². The van der Waals surface area contributed by atoms with Crippen LogP contribution < -0.4 is 51.9 Å². The zero-order valence-electron chi connectivity index (χ0n) is 37.7. The SMILES string of the molecule is CC(=O)/C=C(\[O-])C(F)(F)F.CC(=O)/C=C(\[O-])C(F)(F)F.CC(=O)/C=C(\[O-])C(F)(F)F.O=P(c1ccccc1)(c1ccccc1)c1ccccc1Oc1ccccc1P(=O)(c1ccccc1)c1ccccc1.[Tb+3]. The van der Waals surface area contributed by atoms with Crippen molar-refractivity contribution in [1.29, 1.82) is 0 Å². The Kier molecular flexibility index (Phi) is 23.8. The van der Waals surface area contributed by atoms with Crippen LogP contribution in [0.2, 0.25) is 0 Å². The van der Waals surface area contributed by atoms with Gasteiger partial charge in [-0.15, -0.1) is 0 Å². The Hall–Kier alpha value is -6.13. The van der Waals surface area contributed by atoms with Crippen LogP contribution in [-0.2, 0) is 23.5 Å². The third-order valence-electron chi connectivity index (χ3n) is 8.95. The summed E-state index contributed by atoms with van der Waals surface area (Å²) in [6, 6.07) is 53.0. The van der Waals surface area contributed by atoms with Crippen molar-refractivity contribution in [2.24, 2.45) is 0 Å². The van der Waals surface area contributed by atoms with Crippen LogP contribution in [0.4, 0.5) is 39.5 Å². The van der Waals surface area contributed by atoms with E-state index < -0.39 is 67.4 Å². The number of carbonyl (C=O) groups is 3. The van der Waals surface area contributed by atoms with Gasteiger partial charge in [0, 0.05) is 21.2 Å². The Morgan fingerprint density at radius 1 is 0.389 bits per heavy atom. The molecular formula is C51H40F9O9P2Tb. The van der Waals surface area contributed by atoms with Gasteiger partial charge < -0.3 is 29.2 Å². The van der Waals surface area contributed by atoms with Gasteiger partial charge in [0.1, 0.15) is 11.5 Å². The number of rotatable bonds is 11. The van der Waals surface area contributed by atoms with Crippen LogP contribution in [0.5, 0.6) is 11.5 Å². The fraction of sp³-hybridized carbons (Fsp3) is 0.118. The van der Waals surface area contributed by atoms with Crippen molar-refractivity contribution < 1.29 is 122 Å². The fourth-order valence-corrected chi connectivity index (χ4v) is 11.5. The van der Waals surface area contributed by atoms with E-state index >= 15 is 9.13 Å². The van der Waals surface area contributed by atoms with Gasteiger partial charge in [0.15, 0.2) is 31.6 Å². The third kappa shape index (κ3) is 18.2. The van der Waals surface area contributed by atoms with Gasteiger partial charge in [-0.3, -0.25) is 14.4 Å². The number of ketones is 3. The summed E-state index contributed by atoms with van der Waals surface area (Å²) in [4.78, 5) is 29.8. The molecule has 0 radical (unpaired) electrons. The Morgan fingerprint density at radius 2 is 0.583 bits per heavy atom. The van der Waals surface area contributed by atoms with E-state index in [-0.39, 0.29) is 56.8 Å². The van der Waals surface area contributed by atoms with Crippen LogP contribution in [0.3, 0.4) is 0 Å². The molecule has 72 heavy (non-hydrogen) atoms. The van der Waals surface area contributed by atoms with Crippen LogP contribution in [0.15, 0.2) is 205 Å². The number of hydrogen-bond donors (Lipinski definition) is 0. The number of para-hydroxylation sites is 2. The normalized spacial score (nSPS) is 12.2. The summed E-state index contributed by atoms with van der Waals surface area (Å²) >= 11 is 0. The zero-order chi connectivity index (χ0) is 53.2. The van der Waals surface area contributed by atoms with Gasteiger partial charge in [-0.2, -0.15) is 39.5 Å². The topological polar surface area (TPSA) is 164 Å². The molecule has 0 unspecified atom stereocenters. The van der Waals surface area contributed by atoms with Crippen molar-refractivity contribution in [3.8, 4) is 11.5 Å². The summed E-state index contributed by atoms with van der Waals surface area (Å²) in [7, 11) is -6.63. The number of halogens is 9. The minimum atomic E-state index is -4.92. The van der Waals surface area contributed by atoms with Gasteiger partial charge in [-0.05, 0) is 80.5 Å². The van der Waals surface area contributed by atoms with E-state index in [0.717, 1.165) is 42.0 Å². The van der Waals surface area contributed by atoms with Crippen LogP contribution in [-0.4, -0.2) is 35.9 Å². The molecule has 0 atom stereocenters. The van der Waals surface area contributed by atoms with Crippen LogP contribution in [0, 0.1) is 38.6 Å². The number of ether oxygens (including phenoxy) is 1. The quantitative estimate of drug-likeness (QED) is 0.0543. The molecular weight excluding hydrogens is 1150 g/mol. The molecule has 0 saturated carbocycles. The van der Waals surface area contributed by atoms with Crippen molar-refractivity contribution in [3.63, 3.8) is 0 Å². The van der Waals surface area contributed by atoms with Gasteiger partial charge in [0.25, 0.3) is 0 Å². The standard InChI is InChI=1S/C36H28O3P2.3C5H5F3O2.Tb/c37-40(29-17-5-1-6-18-29,30-19-7-2-8-20-30)35-27-15-13-25-33(35)39-34-26-14-16-28-36(34)41(38,31-21-9-3-10-22-31)32-23-11-4-12-24-32;3*1-3(9)2-4(10)5(6,7)8;/h1-28H;3*2,10H,1H3;/q;;;;+3/p-3/b;3*4-2-;. The molecule has 0 aliphatic heterocycles. The largest absolute Gasteiger partial charge is 3.00 e. The van der Waals surface area contributed by atoms with E-state index in [0.29, 0.717) is 22.1 Å². The first-order valence-corrected chi connectivity index (χ1v) is 23.7. The van der Waals surface area contributed by atoms with Crippen molar-refractivity contribution >= 4 is 63.5 Å². The molecule has 0 bridgehead atoms. The van der Waals surface area contributed by atoms with E-state index in [9.17, 15) is 69.2 Å². The molecule has 9 nitrogen and oxygen atoms in total. The molecule has 6 rings (SSSR count). The average Bonchev–Trinajstić information content (AvgIpc) is 3.32. The smallest absolute Gasteiger partial charge is 0.869 e. The van der Waals surface area contributed by atoms with Gasteiger partial charge in [0.05, 0.1) is 10.6 Å². The van der Waals surface area contributed by atoms with Crippen molar-refractivity contribution in [2.75, 3.05) is 0 Å². The monoisotopic (exact) mass is 1190 g/mol. The van der Waals surface area contributed by atoms with Crippen LogP contribution in [0.1, 0.15) is 20.8 Å². The number of allylic oxidation sites excluding steroid dienone is 6. The first-order valence-electron chi connectivity index (χ1n) is 20.3. The van der Waals surface area contributed by atoms with Gasteiger partial charge in [0.2, 0.25) is 0 Å². The third-order valence-corrected chi connectivity index (χ3v) is 15.1. The van der Waals surface area contributed by atoms with E-state index in [1.54, 1.807) is 0 Å². The molecule has 0 aliphatic rings. The Bertz CT molecular complexity index is 2610. The van der Waals surface area contributed by atoms with E-state index in [1.165, 1.54) is 0 Å². The second-order valence-corrected chi connectivity index (χ2v) is 19.9. The molecule has 0 saturated heterocycles. The van der Waals surface area contributed by atoms with Gasteiger partial charge in [-0.25, -0.2) is 0 Å². The number of carbonyl (C=O) groups excluding carboxylic acids is 3. The second-order valence-electron chi connectivity index (χ2n) is 14.4. The van der Waals surface area contributed by atoms with Crippen LogP contribution >= 0.6 is 14.3 Å². The number of alkyl halides is 9. The van der Waals surface area contributed by atoms with Crippen molar-refractivity contribution in [1.82, 2.24) is 0 Å². The Morgan fingerprint density at radius 3 is 0.764 bits per heavy atom. The molecule has 0 heterocycles. The minimum Gasteiger partial charge on any atom is -0.869 e. The summed E-state index contributed by atoms with van der Waals surface area (Å²) in [5.41, 5.74) is 0. The maximum Gasteiger partial charge on any atom is 3.00 e. The zero-order valence-corrected chi connectivity index (χ0v) is 41.6. The Labute approximate surface area is 438 Å². The van der Waals surface area contributed by atoms with Crippen LogP contribution in [0.25, 0.3) is 0 Å². The molecule has 6 aromatic rings. The summed E-state index contributed by atoms with van der Waals surface area (Å²) in [5, 5.41) is 33.7. The minimum absolute atomic E-state index is 0. The molecule has 0 amide bonds. The van der Waals surface area contributed by atoms with E-state index in [2.05, 4.69) is 0 Å². The van der Waals surface area contributed by atoms with Gasteiger partial charge in [-0.1, -0.05) is 146 Å². The average molecular weight is 1190 g/mol.